The predicted octanol–water partition coefficient (Wildman–Crippen LogP) is -1.20. The van der Waals surface area contributed by atoms with Crippen molar-refractivity contribution in [3.8, 4) is 5.75 Å². The Balaban J connectivity index is 2.00. The molecule has 180 valence electrons. The van der Waals surface area contributed by atoms with Gasteiger partial charge in [-0.3, -0.25) is 19.2 Å². The number of benzene rings is 1. The summed E-state index contributed by atoms with van der Waals surface area (Å²) in [7, 11) is 0. The molecule has 33 heavy (non-hydrogen) atoms. The van der Waals surface area contributed by atoms with Crippen molar-refractivity contribution in [2.75, 3.05) is 6.54 Å². The van der Waals surface area contributed by atoms with Crippen LogP contribution in [0.1, 0.15) is 31.7 Å². The summed E-state index contributed by atoms with van der Waals surface area (Å²) in [4.78, 5) is 61.4. The Hall–Kier alpha value is -3.67. The van der Waals surface area contributed by atoms with E-state index in [0.29, 0.717) is 18.4 Å². The number of rotatable bonds is 10. The normalized spacial score (nSPS) is 18.1. The zero-order valence-corrected chi connectivity index (χ0v) is 18.1. The number of nitrogens with one attached hydrogen (secondary N) is 2. The maximum absolute atomic E-state index is 12.6. The lowest BCUT2D eigenvalue weighted by molar-refractivity contribution is -0.149. The molecule has 2 rings (SSSR count). The lowest BCUT2D eigenvalue weighted by Gasteiger charge is -2.26. The molecule has 0 spiro atoms. The Morgan fingerprint density at radius 2 is 1.73 bits per heavy atom. The van der Waals surface area contributed by atoms with Crippen LogP contribution in [0.25, 0.3) is 0 Å². The van der Waals surface area contributed by atoms with Crippen molar-refractivity contribution in [1.82, 2.24) is 15.5 Å². The predicted molar refractivity (Wildman–Crippen MR) is 114 cm³/mol. The van der Waals surface area contributed by atoms with E-state index in [0.717, 1.165) is 4.90 Å². The first kappa shape index (κ1) is 25.6. The van der Waals surface area contributed by atoms with Gasteiger partial charge in [-0.1, -0.05) is 12.1 Å². The molecule has 0 aliphatic carbocycles. The zero-order chi connectivity index (χ0) is 24.7. The van der Waals surface area contributed by atoms with E-state index < -0.39 is 60.2 Å². The number of aliphatic carboxylic acids is 2. The van der Waals surface area contributed by atoms with Gasteiger partial charge >= 0.3 is 11.9 Å². The second-order valence-corrected chi connectivity index (χ2v) is 7.89. The molecule has 0 radical (unpaired) electrons. The van der Waals surface area contributed by atoms with Crippen LogP contribution in [-0.4, -0.2) is 80.6 Å². The molecule has 1 saturated heterocycles. The topological polar surface area (TPSA) is 199 Å². The van der Waals surface area contributed by atoms with Gasteiger partial charge in [0.15, 0.2) is 0 Å². The minimum Gasteiger partial charge on any atom is -0.508 e. The van der Waals surface area contributed by atoms with E-state index in [2.05, 4.69) is 10.6 Å². The Morgan fingerprint density at radius 1 is 1.09 bits per heavy atom. The van der Waals surface area contributed by atoms with Gasteiger partial charge in [-0.05, 0) is 43.9 Å². The van der Waals surface area contributed by atoms with E-state index in [1.807, 2.05) is 0 Å². The number of phenols is 1. The number of phenolic OH excluding ortho intramolecular Hbond substituents is 1. The standard InChI is InChI=1S/C21H28N4O8/c1-11(20(31)25-8-2-3-16(25)21(32)33)23-19(30)15(10-17(27)28)24-18(29)14(22)9-12-4-6-13(26)7-5-12/h4-7,11,14-16,26H,2-3,8-10,22H2,1H3,(H,23,30)(H,24,29)(H,27,28)(H,32,33). The van der Waals surface area contributed by atoms with Crippen molar-refractivity contribution in [3.05, 3.63) is 29.8 Å². The number of aromatic hydroxyl groups is 1. The van der Waals surface area contributed by atoms with Gasteiger partial charge in [0.1, 0.15) is 23.9 Å². The number of hydrogen-bond acceptors (Lipinski definition) is 7. The van der Waals surface area contributed by atoms with Gasteiger partial charge in [0.05, 0.1) is 12.5 Å². The number of hydrogen-bond donors (Lipinski definition) is 6. The van der Waals surface area contributed by atoms with Crippen LogP contribution in [0, 0.1) is 0 Å². The first-order valence-corrected chi connectivity index (χ1v) is 10.4. The van der Waals surface area contributed by atoms with Gasteiger partial charge in [0.2, 0.25) is 17.7 Å². The van der Waals surface area contributed by atoms with Gasteiger partial charge in [0, 0.05) is 6.54 Å². The molecular weight excluding hydrogens is 436 g/mol. The number of carboxylic acid groups (broad SMARTS) is 2. The monoisotopic (exact) mass is 464 g/mol. The number of carboxylic acids is 2. The van der Waals surface area contributed by atoms with Gasteiger partial charge in [-0.25, -0.2) is 4.79 Å². The second-order valence-electron chi connectivity index (χ2n) is 7.89. The highest BCUT2D eigenvalue weighted by Crippen LogP contribution is 2.18. The molecule has 0 aromatic heterocycles. The Labute approximate surface area is 189 Å². The van der Waals surface area contributed by atoms with E-state index >= 15 is 0 Å². The highest BCUT2D eigenvalue weighted by atomic mass is 16.4. The number of amides is 3. The number of carbonyl (C=O) groups is 5. The first-order valence-electron chi connectivity index (χ1n) is 10.4. The maximum Gasteiger partial charge on any atom is 0.326 e. The highest BCUT2D eigenvalue weighted by Gasteiger charge is 2.37. The van der Waals surface area contributed by atoms with Gasteiger partial charge < -0.3 is 36.6 Å². The molecule has 1 heterocycles. The SMILES string of the molecule is CC(NC(=O)C(CC(=O)O)NC(=O)C(N)Cc1ccc(O)cc1)C(=O)N1CCCC1C(=O)O. The summed E-state index contributed by atoms with van der Waals surface area (Å²) < 4.78 is 0. The van der Waals surface area contributed by atoms with Crippen LogP contribution in [0.15, 0.2) is 24.3 Å². The zero-order valence-electron chi connectivity index (χ0n) is 18.1. The number of nitrogens with zero attached hydrogens (tertiary/aromatic N) is 1. The average molecular weight is 464 g/mol. The number of nitrogens with two attached hydrogens (primary N) is 1. The lowest BCUT2D eigenvalue weighted by atomic mass is 10.0. The third kappa shape index (κ3) is 7.17. The summed E-state index contributed by atoms with van der Waals surface area (Å²) >= 11 is 0. The van der Waals surface area contributed by atoms with Gasteiger partial charge in [0.25, 0.3) is 0 Å². The number of carbonyl (C=O) groups excluding carboxylic acids is 3. The molecule has 3 amide bonds. The Morgan fingerprint density at radius 3 is 2.30 bits per heavy atom. The van der Waals surface area contributed by atoms with Crippen molar-refractivity contribution in [1.29, 1.82) is 0 Å². The third-order valence-electron chi connectivity index (χ3n) is 5.29. The smallest absolute Gasteiger partial charge is 0.326 e. The molecule has 0 saturated carbocycles. The fourth-order valence-corrected chi connectivity index (χ4v) is 3.55. The molecule has 1 aromatic carbocycles. The van der Waals surface area contributed by atoms with E-state index in [9.17, 15) is 34.2 Å². The van der Waals surface area contributed by atoms with Crippen LogP contribution in [0.2, 0.25) is 0 Å². The molecule has 7 N–H and O–H groups in total. The molecule has 12 heteroatoms. The van der Waals surface area contributed by atoms with Crippen molar-refractivity contribution in [2.24, 2.45) is 5.73 Å². The summed E-state index contributed by atoms with van der Waals surface area (Å²) in [5.74, 6) is -4.74. The van der Waals surface area contributed by atoms with Crippen LogP contribution < -0.4 is 16.4 Å². The average Bonchev–Trinajstić information content (AvgIpc) is 3.24. The van der Waals surface area contributed by atoms with Crippen LogP contribution in [0.3, 0.4) is 0 Å². The summed E-state index contributed by atoms with van der Waals surface area (Å²) in [6.07, 6.45) is 0.151. The summed E-state index contributed by atoms with van der Waals surface area (Å²) in [5.41, 5.74) is 6.52. The molecule has 1 aromatic rings. The lowest BCUT2D eigenvalue weighted by Crippen LogP contribution is -2.57. The van der Waals surface area contributed by atoms with Crippen LogP contribution in [0.5, 0.6) is 5.75 Å². The second kappa shape index (κ2) is 11.3. The van der Waals surface area contributed by atoms with Crippen molar-refractivity contribution < 1.29 is 39.3 Å². The summed E-state index contributed by atoms with van der Waals surface area (Å²) in [6, 6.07) is 1.28. The van der Waals surface area contributed by atoms with Gasteiger partial charge in [-0.15, -0.1) is 0 Å². The minimum atomic E-state index is -1.50. The Kier molecular flexibility index (Phi) is 8.74. The molecular formula is C21H28N4O8. The molecule has 4 unspecified atom stereocenters. The summed E-state index contributed by atoms with van der Waals surface area (Å²) in [6.45, 7) is 1.59. The fourth-order valence-electron chi connectivity index (χ4n) is 3.55. The van der Waals surface area contributed by atoms with Crippen LogP contribution in [-0.2, 0) is 30.4 Å². The molecule has 12 nitrogen and oxygen atoms in total. The quantitative estimate of drug-likeness (QED) is 0.246. The number of likely N-dealkylation sites (tertiary alicyclic amines) is 1. The minimum absolute atomic E-state index is 0.0437. The fraction of sp³-hybridized carbons (Fsp3) is 0.476. The molecule has 0 bridgehead atoms. The van der Waals surface area contributed by atoms with E-state index in [-0.39, 0.29) is 18.7 Å². The third-order valence-corrected chi connectivity index (χ3v) is 5.29. The van der Waals surface area contributed by atoms with Crippen LogP contribution >= 0.6 is 0 Å². The van der Waals surface area contributed by atoms with Crippen molar-refractivity contribution in [3.63, 3.8) is 0 Å². The molecule has 1 fully saturated rings. The molecule has 1 aliphatic rings. The first-order chi connectivity index (χ1) is 15.5. The maximum atomic E-state index is 12.6. The largest absolute Gasteiger partial charge is 0.508 e. The summed E-state index contributed by atoms with van der Waals surface area (Å²) in [5, 5.41) is 32.3. The molecule has 4 atom stereocenters. The van der Waals surface area contributed by atoms with Gasteiger partial charge in [-0.2, -0.15) is 0 Å². The molecule has 1 aliphatic heterocycles. The Bertz CT molecular complexity index is 904. The van der Waals surface area contributed by atoms with Crippen molar-refractivity contribution >= 4 is 29.7 Å². The van der Waals surface area contributed by atoms with E-state index in [1.54, 1.807) is 12.1 Å². The van der Waals surface area contributed by atoms with E-state index in [1.165, 1.54) is 19.1 Å². The van der Waals surface area contributed by atoms with E-state index in [4.69, 9.17) is 10.8 Å². The van der Waals surface area contributed by atoms with Crippen molar-refractivity contribution in [2.45, 2.75) is 56.8 Å². The van der Waals surface area contributed by atoms with Crippen LogP contribution in [0.4, 0.5) is 0 Å². The highest BCUT2D eigenvalue weighted by molar-refractivity contribution is 5.95.